The number of hydrogen-bond acceptors (Lipinski definition) is 6. The molecule has 2 heterocycles. The fourth-order valence-corrected chi connectivity index (χ4v) is 3.55. The molecule has 1 aliphatic carbocycles. The number of oxime groups is 1. The van der Waals surface area contributed by atoms with Crippen LogP contribution < -0.4 is 5.56 Å². The van der Waals surface area contributed by atoms with E-state index >= 15 is 0 Å². The van der Waals surface area contributed by atoms with E-state index < -0.39 is 5.60 Å². The summed E-state index contributed by atoms with van der Waals surface area (Å²) in [5, 5.41) is 26.6. The minimum atomic E-state index is -0.742. The Morgan fingerprint density at radius 3 is 2.64 bits per heavy atom. The Hall–Kier alpha value is -2.68. The topological polar surface area (TPSA) is 112 Å². The van der Waals surface area contributed by atoms with Gasteiger partial charge in [-0.1, -0.05) is 19.0 Å². The highest BCUT2D eigenvalue weighted by atomic mass is 16.4. The number of aliphatic hydroxyl groups is 1. The SMILES string of the molecule is C/C(=N/O)c1nn(CC(=O)N(C)C2CC(C)(O)C2)c(=O)c2cc(C(C)C)cn12. The zero-order valence-electron chi connectivity index (χ0n) is 16.9. The van der Waals surface area contributed by atoms with E-state index in [1.54, 1.807) is 42.5 Å². The average molecular weight is 389 g/mol. The Kier molecular flexibility index (Phi) is 5.05. The van der Waals surface area contributed by atoms with Crippen LogP contribution in [0.15, 0.2) is 22.2 Å². The Bertz CT molecular complexity index is 994. The van der Waals surface area contributed by atoms with Crippen LogP contribution in [0.3, 0.4) is 0 Å². The maximum absolute atomic E-state index is 12.9. The summed E-state index contributed by atoms with van der Waals surface area (Å²) in [6.45, 7) is 7.12. The first-order valence-electron chi connectivity index (χ1n) is 9.34. The maximum atomic E-state index is 12.9. The zero-order valence-corrected chi connectivity index (χ0v) is 16.9. The van der Waals surface area contributed by atoms with Gasteiger partial charge in [-0.05, 0) is 44.2 Å². The van der Waals surface area contributed by atoms with E-state index in [0.717, 1.165) is 10.2 Å². The number of carbonyl (C=O) groups is 1. The van der Waals surface area contributed by atoms with Gasteiger partial charge in [0.05, 0.1) is 5.60 Å². The molecule has 0 atom stereocenters. The molecule has 1 fully saturated rings. The lowest BCUT2D eigenvalue weighted by atomic mass is 9.76. The van der Waals surface area contributed by atoms with Crippen LogP contribution in [0.25, 0.3) is 5.52 Å². The van der Waals surface area contributed by atoms with E-state index in [0.29, 0.717) is 24.2 Å². The predicted molar refractivity (Wildman–Crippen MR) is 104 cm³/mol. The lowest BCUT2D eigenvalue weighted by Gasteiger charge is -2.45. The van der Waals surface area contributed by atoms with Gasteiger partial charge in [-0.15, -0.1) is 5.10 Å². The quantitative estimate of drug-likeness (QED) is 0.453. The molecule has 0 radical (unpaired) electrons. The summed E-state index contributed by atoms with van der Waals surface area (Å²) in [4.78, 5) is 27.1. The highest BCUT2D eigenvalue weighted by Gasteiger charge is 2.41. The average Bonchev–Trinajstić information content (AvgIpc) is 3.06. The number of carbonyl (C=O) groups excluding carboxylic acids is 1. The summed E-state index contributed by atoms with van der Waals surface area (Å²) < 4.78 is 2.71. The van der Waals surface area contributed by atoms with E-state index in [1.165, 1.54) is 0 Å². The molecule has 152 valence electrons. The van der Waals surface area contributed by atoms with E-state index in [-0.39, 0.29) is 35.7 Å². The smallest absolute Gasteiger partial charge is 0.291 e. The molecule has 0 spiro atoms. The number of likely N-dealkylation sites (N-methyl/N-ethyl adjacent to an activating group) is 1. The van der Waals surface area contributed by atoms with Crippen molar-refractivity contribution in [2.75, 3.05) is 7.05 Å². The van der Waals surface area contributed by atoms with Gasteiger partial charge in [0.2, 0.25) is 5.91 Å². The van der Waals surface area contributed by atoms with E-state index in [1.807, 2.05) is 13.8 Å². The van der Waals surface area contributed by atoms with Crippen LogP contribution in [0.4, 0.5) is 0 Å². The normalized spacial score (nSPS) is 22.5. The second-order valence-electron chi connectivity index (χ2n) is 8.22. The molecule has 0 aromatic carbocycles. The first-order chi connectivity index (χ1) is 13.0. The standard InChI is InChI=1S/C19H27N5O4/c1-11(2)13-6-15-18(26)24(20-17(12(3)21-28)23(15)9-13)10-16(25)22(5)14-7-19(4,27)8-14/h6,9,11,14,27-28H,7-8,10H2,1-5H3/b21-12-. The second kappa shape index (κ2) is 7.05. The maximum Gasteiger partial charge on any atom is 0.291 e. The Morgan fingerprint density at radius 1 is 1.46 bits per heavy atom. The first-order valence-corrected chi connectivity index (χ1v) is 9.34. The van der Waals surface area contributed by atoms with Crippen molar-refractivity contribution in [1.82, 2.24) is 19.1 Å². The van der Waals surface area contributed by atoms with Crippen molar-refractivity contribution in [3.8, 4) is 0 Å². The molecule has 9 heteroatoms. The largest absolute Gasteiger partial charge is 0.411 e. The van der Waals surface area contributed by atoms with Crippen molar-refractivity contribution in [1.29, 1.82) is 0 Å². The number of nitrogens with zero attached hydrogens (tertiary/aromatic N) is 5. The van der Waals surface area contributed by atoms with Gasteiger partial charge < -0.3 is 15.2 Å². The predicted octanol–water partition coefficient (Wildman–Crippen LogP) is 1.19. The third-order valence-corrected chi connectivity index (χ3v) is 5.46. The summed E-state index contributed by atoms with van der Waals surface area (Å²) >= 11 is 0. The summed E-state index contributed by atoms with van der Waals surface area (Å²) in [5.74, 6) is 0.233. The Morgan fingerprint density at radius 2 is 2.11 bits per heavy atom. The highest BCUT2D eigenvalue weighted by molar-refractivity contribution is 5.95. The van der Waals surface area contributed by atoms with E-state index in [4.69, 9.17) is 0 Å². The van der Waals surface area contributed by atoms with Gasteiger partial charge in [-0.3, -0.25) is 14.0 Å². The molecule has 2 aromatic heterocycles. The zero-order chi connectivity index (χ0) is 20.8. The molecule has 0 unspecified atom stereocenters. The summed E-state index contributed by atoms with van der Waals surface area (Å²) in [6, 6.07) is 1.72. The van der Waals surface area contributed by atoms with E-state index in [9.17, 15) is 19.9 Å². The number of aromatic nitrogens is 3. The molecule has 28 heavy (non-hydrogen) atoms. The molecular formula is C19H27N5O4. The van der Waals surface area contributed by atoms with E-state index in [2.05, 4.69) is 10.3 Å². The third-order valence-electron chi connectivity index (χ3n) is 5.46. The van der Waals surface area contributed by atoms with Crippen molar-refractivity contribution < 1.29 is 15.1 Å². The summed E-state index contributed by atoms with van der Waals surface area (Å²) in [5.41, 5.74) is 0.431. The van der Waals surface area contributed by atoms with Gasteiger partial charge in [-0.25, -0.2) is 4.68 Å². The van der Waals surface area contributed by atoms with Gasteiger partial charge in [-0.2, -0.15) is 0 Å². The fourth-order valence-electron chi connectivity index (χ4n) is 3.55. The lowest BCUT2D eigenvalue weighted by molar-refractivity contribution is -0.141. The van der Waals surface area contributed by atoms with Gasteiger partial charge in [0.1, 0.15) is 17.8 Å². The highest BCUT2D eigenvalue weighted by Crippen LogP contribution is 2.34. The van der Waals surface area contributed by atoms with Crippen LogP contribution in [0, 0.1) is 0 Å². The Labute approximate surface area is 162 Å². The minimum absolute atomic E-state index is 0.0528. The number of rotatable bonds is 5. The van der Waals surface area contributed by atoms with Crippen LogP contribution in [-0.4, -0.2) is 59.7 Å². The summed E-state index contributed by atoms with van der Waals surface area (Å²) in [6.07, 6.45) is 2.82. The van der Waals surface area contributed by atoms with Crippen molar-refractivity contribution in [3.63, 3.8) is 0 Å². The molecular weight excluding hydrogens is 362 g/mol. The molecule has 9 nitrogen and oxygen atoms in total. The minimum Gasteiger partial charge on any atom is -0.411 e. The monoisotopic (exact) mass is 389 g/mol. The van der Waals surface area contributed by atoms with Crippen molar-refractivity contribution in [3.05, 3.63) is 34.0 Å². The molecule has 3 rings (SSSR count). The number of hydrogen-bond donors (Lipinski definition) is 2. The van der Waals surface area contributed by atoms with Crippen LogP contribution >= 0.6 is 0 Å². The first kappa shape index (κ1) is 20.1. The molecule has 2 aromatic rings. The molecule has 2 N–H and O–H groups in total. The third kappa shape index (κ3) is 3.54. The van der Waals surface area contributed by atoms with Crippen molar-refractivity contribution in [2.45, 2.75) is 64.6 Å². The van der Waals surface area contributed by atoms with Crippen molar-refractivity contribution in [2.24, 2.45) is 5.16 Å². The van der Waals surface area contributed by atoms with Crippen LogP contribution in [0.2, 0.25) is 0 Å². The second-order valence-corrected chi connectivity index (χ2v) is 8.22. The van der Waals surface area contributed by atoms with Crippen LogP contribution in [0.5, 0.6) is 0 Å². The molecule has 0 bridgehead atoms. The number of fused-ring (bicyclic) bond motifs is 1. The number of amides is 1. The lowest BCUT2D eigenvalue weighted by Crippen LogP contribution is -2.54. The molecule has 0 saturated heterocycles. The van der Waals surface area contributed by atoms with Gasteiger partial charge >= 0.3 is 0 Å². The van der Waals surface area contributed by atoms with Gasteiger partial charge in [0.25, 0.3) is 5.56 Å². The summed E-state index contributed by atoms with van der Waals surface area (Å²) in [7, 11) is 1.67. The van der Waals surface area contributed by atoms with Gasteiger partial charge in [0, 0.05) is 19.3 Å². The molecule has 1 amide bonds. The fraction of sp³-hybridized carbons (Fsp3) is 0.579. The van der Waals surface area contributed by atoms with Gasteiger partial charge in [0.15, 0.2) is 5.82 Å². The molecule has 0 aliphatic heterocycles. The Balaban J connectivity index is 1.98. The van der Waals surface area contributed by atoms with Crippen LogP contribution in [0.1, 0.15) is 57.8 Å². The van der Waals surface area contributed by atoms with Crippen molar-refractivity contribution >= 4 is 17.1 Å². The molecule has 1 aliphatic rings. The molecule has 1 saturated carbocycles. The van der Waals surface area contributed by atoms with Crippen LogP contribution in [-0.2, 0) is 11.3 Å².